The molecule has 1 saturated carbocycles. The summed E-state index contributed by atoms with van der Waals surface area (Å²) in [6.07, 6.45) is 2.03. The van der Waals surface area contributed by atoms with E-state index in [-0.39, 0.29) is 5.41 Å². The maximum atomic E-state index is 9.09. The zero-order valence-electron chi connectivity index (χ0n) is 10.7. The van der Waals surface area contributed by atoms with Crippen LogP contribution in [0, 0.1) is 16.7 Å². The van der Waals surface area contributed by atoms with Gasteiger partial charge < -0.3 is 9.64 Å². The van der Waals surface area contributed by atoms with E-state index >= 15 is 0 Å². The van der Waals surface area contributed by atoms with Crippen molar-refractivity contribution in [3.63, 3.8) is 0 Å². The predicted octanol–water partition coefficient (Wildman–Crippen LogP) is 3.08. The van der Waals surface area contributed by atoms with E-state index in [0.29, 0.717) is 5.02 Å². The van der Waals surface area contributed by atoms with Gasteiger partial charge in [0.1, 0.15) is 5.75 Å². The highest BCUT2D eigenvalue weighted by molar-refractivity contribution is 6.30. The number of nitrogens with zero attached hydrogens (tertiary/aromatic N) is 2. The molecule has 1 aliphatic rings. The molecule has 3 nitrogen and oxygen atoms in total. The van der Waals surface area contributed by atoms with E-state index in [9.17, 15) is 0 Å². The Hall–Kier alpha value is -1.24. The third-order valence-electron chi connectivity index (χ3n) is 3.35. The second-order valence-electron chi connectivity index (χ2n) is 5.02. The molecule has 2 rings (SSSR count). The molecule has 0 atom stereocenters. The summed E-state index contributed by atoms with van der Waals surface area (Å²) in [5, 5.41) is 9.80. The van der Waals surface area contributed by atoms with Crippen molar-refractivity contribution < 1.29 is 4.74 Å². The first kappa shape index (κ1) is 13.2. The summed E-state index contributed by atoms with van der Waals surface area (Å²) in [6.45, 7) is 1.55. The zero-order valence-corrected chi connectivity index (χ0v) is 11.5. The monoisotopic (exact) mass is 264 g/mol. The van der Waals surface area contributed by atoms with Gasteiger partial charge in [-0.3, -0.25) is 0 Å². The van der Waals surface area contributed by atoms with Gasteiger partial charge in [0.15, 0.2) is 0 Å². The van der Waals surface area contributed by atoms with Crippen LogP contribution in [0.15, 0.2) is 18.2 Å². The number of ether oxygens (including phenoxy) is 1. The van der Waals surface area contributed by atoms with Crippen LogP contribution in [0.25, 0.3) is 0 Å². The predicted molar refractivity (Wildman–Crippen MR) is 71.6 cm³/mol. The minimum atomic E-state index is -0.111. The number of nitriles is 1. The van der Waals surface area contributed by atoms with Gasteiger partial charge in [-0.05, 0) is 38.1 Å². The molecule has 0 bridgehead atoms. The van der Waals surface area contributed by atoms with Gasteiger partial charge in [-0.15, -0.1) is 0 Å². The Balaban J connectivity index is 2.04. The fraction of sp³-hybridized carbons (Fsp3) is 0.500. The van der Waals surface area contributed by atoms with Gasteiger partial charge in [-0.25, -0.2) is 0 Å². The van der Waals surface area contributed by atoms with Crippen LogP contribution in [-0.4, -0.2) is 25.6 Å². The SMILES string of the molecule is COc1ccc(Cl)cc1CN(C)CC1(C#N)CC1. The summed E-state index contributed by atoms with van der Waals surface area (Å²) in [5.41, 5.74) is 0.946. The lowest BCUT2D eigenvalue weighted by Crippen LogP contribution is -2.25. The van der Waals surface area contributed by atoms with Gasteiger partial charge in [0, 0.05) is 23.7 Å². The molecule has 1 aromatic carbocycles. The molecule has 96 valence electrons. The molecule has 0 heterocycles. The van der Waals surface area contributed by atoms with Crippen molar-refractivity contribution in [2.24, 2.45) is 5.41 Å². The van der Waals surface area contributed by atoms with Crippen molar-refractivity contribution in [2.45, 2.75) is 19.4 Å². The second kappa shape index (κ2) is 5.17. The highest BCUT2D eigenvalue weighted by Crippen LogP contribution is 2.45. The lowest BCUT2D eigenvalue weighted by molar-refractivity contribution is 0.281. The first-order valence-electron chi connectivity index (χ1n) is 6.01. The Morgan fingerprint density at radius 2 is 2.22 bits per heavy atom. The van der Waals surface area contributed by atoms with Crippen LogP contribution in [0.5, 0.6) is 5.75 Å². The van der Waals surface area contributed by atoms with Crippen molar-refractivity contribution >= 4 is 11.6 Å². The van der Waals surface area contributed by atoms with Crippen molar-refractivity contribution in [1.82, 2.24) is 4.90 Å². The average molecular weight is 265 g/mol. The first-order valence-corrected chi connectivity index (χ1v) is 6.38. The van der Waals surface area contributed by atoms with Gasteiger partial charge in [0.2, 0.25) is 0 Å². The summed E-state index contributed by atoms with van der Waals surface area (Å²) in [5.74, 6) is 0.841. The van der Waals surface area contributed by atoms with Crippen molar-refractivity contribution in [3.8, 4) is 11.8 Å². The smallest absolute Gasteiger partial charge is 0.123 e. The number of hydrogen-bond donors (Lipinski definition) is 0. The van der Waals surface area contributed by atoms with Crippen LogP contribution in [0.2, 0.25) is 5.02 Å². The second-order valence-corrected chi connectivity index (χ2v) is 5.46. The quantitative estimate of drug-likeness (QED) is 0.820. The number of methoxy groups -OCH3 is 1. The molecule has 0 N–H and O–H groups in total. The molecule has 1 aliphatic carbocycles. The summed E-state index contributed by atoms with van der Waals surface area (Å²) >= 11 is 6.00. The first-order chi connectivity index (χ1) is 8.58. The van der Waals surface area contributed by atoms with E-state index < -0.39 is 0 Å². The number of rotatable bonds is 5. The lowest BCUT2D eigenvalue weighted by Gasteiger charge is -2.20. The van der Waals surface area contributed by atoms with Crippen LogP contribution in [0.4, 0.5) is 0 Å². The topological polar surface area (TPSA) is 36.3 Å². The molecule has 1 aromatic rings. The standard InChI is InChI=1S/C14H17ClN2O/c1-17(10-14(9-16)5-6-14)8-11-7-12(15)3-4-13(11)18-2/h3-4,7H,5-6,8,10H2,1-2H3. The Labute approximate surface area is 113 Å². The van der Waals surface area contributed by atoms with Gasteiger partial charge in [0.05, 0.1) is 18.6 Å². The fourth-order valence-corrected chi connectivity index (χ4v) is 2.38. The minimum Gasteiger partial charge on any atom is -0.496 e. The van der Waals surface area contributed by atoms with Crippen molar-refractivity contribution in [2.75, 3.05) is 20.7 Å². The third kappa shape index (κ3) is 2.95. The number of halogens is 1. The van der Waals surface area contributed by atoms with Gasteiger partial charge >= 0.3 is 0 Å². The van der Waals surface area contributed by atoms with Crippen LogP contribution in [0.3, 0.4) is 0 Å². The average Bonchev–Trinajstić information content (AvgIpc) is 3.09. The van der Waals surface area contributed by atoms with Gasteiger partial charge in [0.25, 0.3) is 0 Å². The largest absolute Gasteiger partial charge is 0.496 e. The molecular weight excluding hydrogens is 248 g/mol. The maximum absolute atomic E-state index is 9.09. The molecule has 0 aliphatic heterocycles. The molecule has 0 amide bonds. The molecule has 0 unspecified atom stereocenters. The molecule has 0 saturated heterocycles. The van der Waals surface area contributed by atoms with E-state index in [2.05, 4.69) is 11.0 Å². The lowest BCUT2D eigenvalue weighted by atomic mass is 10.1. The Kier molecular flexibility index (Phi) is 3.79. The molecule has 1 fully saturated rings. The van der Waals surface area contributed by atoms with Crippen molar-refractivity contribution in [3.05, 3.63) is 28.8 Å². The van der Waals surface area contributed by atoms with E-state index in [4.69, 9.17) is 21.6 Å². The summed E-state index contributed by atoms with van der Waals surface area (Å²) in [4.78, 5) is 2.16. The summed E-state index contributed by atoms with van der Waals surface area (Å²) in [6, 6.07) is 8.03. The van der Waals surface area contributed by atoms with E-state index in [1.54, 1.807) is 7.11 Å². The normalized spacial score (nSPS) is 16.4. The molecular formula is C14H17ClN2O. The van der Waals surface area contributed by atoms with Crippen molar-refractivity contribution in [1.29, 1.82) is 5.26 Å². The highest BCUT2D eigenvalue weighted by Gasteiger charge is 2.43. The van der Waals surface area contributed by atoms with Crippen LogP contribution < -0.4 is 4.74 Å². The minimum absolute atomic E-state index is 0.111. The molecule has 0 radical (unpaired) electrons. The summed E-state index contributed by atoms with van der Waals surface area (Å²) < 4.78 is 5.32. The molecule has 4 heteroatoms. The van der Waals surface area contributed by atoms with Gasteiger partial charge in [-0.2, -0.15) is 5.26 Å². The van der Waals surface area contributed by atoms with Gasteiger partial charge in [-0.1, -0.05) is 11.6 Å². The van der Waals surface area contributed by atoms with E-state index in [1.165, 1.54) is 0 Å². The third-order valence-corrected chi connectivity index (χ3v) is 3.58. The molecule has 0 spiro atoms. The Bertz CT molecular complexity index is 477. The van der Waals surface area contributed by atoms with Crippen LogP contribution >= 0.6 is 11.6 Å². The zero-order chi connectivity index (χ0) is 13.2. The number of hydrogen-bond acceptors (Lipinski definition) is 3. The molecule has 18 heavy (non-hydrogen) atoms. The Morgan fingerprint density at radius 1 is 1.50 bits per heavy atom. The van der Waals surface area contributed by atoms with E-state index in [0.717, 1.165) is 37.2 Å². The highest BCUT2D eigenvalue weighted by atomic mass is 35.5. The number of benzene rings is 1. The molecule has 0 aromatic heterocycles. The van der Waals surface area contributed by atoms with Crippen LogP contribution in [-0.2, 0) is 6.54 Å². The van der Waals surface area contributed by atoms with Crippen LogP contribution in [0.1, 0.15) is 18.4 Å². The van der Waals surface area contributed by atoms with E-state index in [1.807, 2.05) is 25.2 Å². The fourth-order valence-electron chi connectivity index (χ4n) is 2.19. The Morgan fingerprint density at radius 3 is 2.78 bits per heavy atom. The maximum Gasteiger partial charge on any atom is 0.123 e. The summed E-state index contributed by atoms with van der Waals surface area (Å²) in [7, 11) is 3.68.